The summed E-state index contributed by atoms with van der Waals surface area (Å²) in [5.74, 6) is 0.748. The van der Waals surface area contributed by atoms with Gasteiger partial charge in [-0.3, -0.25) is 4.90 Å². The molecule has 0 spiro atoms. The van der Waals surface area contributed by atoms with E-state index in [1.54, 1.807) is 6.07 Å². The number of rotatable bonds is 7. The summed E-state index contributed by atoms with van der Waals surface area (Å²) in [6.07, 6.45) is -3.92. The monoisotopic (exact) mass is 477 g/mol. The Kier molecular flexibility index (Phi) is 6.33. The Hall–Kier alpha value is -3.25. The zero-order valence-electron chi connectivity index (χ0n) is 18.1. The highest BCUT2D eigenvalue weighted by atomic mass is 19.3. The number of hydrogen-bond acceptors (Lipinski definition) is 7. The number of nitrogens with zero attached hydrogens (tertiary/aromatic N) is 6. The molecule has 0 atom stereocenters. The smallest absolute Gasteiger partial charge is 0.264 e. The Morgan fingerprint density at radius 1 is 0.971 bits per heavy atom. The van der Waals surface area contributed by atoms with Crippen molar-refractivity contribution < 1.29 is 22.3 Å². The normalized spacial score (nSPS) is 17.4. The molecule has 0 aliphatic carbocycles. The largest absolute Gasteiger partial charge is 0.379 e. The van der Waals surface area contributed by atoms with Crippen molar-refractivity contribution >= 4 is 17.6 Å². The number of aromatic nitrogens is 4. The third-order valence-corrected chi connectivity index (χ3v) is 5.95. The molecule has 2 aromatic heterocycles. The minimum absolute atomic E-state index is 0.113. The van der Waals surface area contributed by atoms with Crippen molar-refractivity contribution in [1.82, 2.24) is 24.6 Å². The molecule has 12 heteroatoms. The van der Waals surface area contributed by atoms with Crippen LogP contribution in [-0.2, 0) is 4.74 Å². The van der Waals surface area contributed by atoms with Gasteiger partial charge in [-0.2, -0.15) is 4.98 Å². The molecule has 2 saturated heterocycles. The average molecular weight is 477 g/mol. The van der Waals surface area contributed by atoms with Crippen molar-refractivity contribution in [2.24, 2.45) is 0 Å². The summed E-state index contributed by atoms with van der Waals surface area (Å²) in [4.78, 5) is 12.9. The number of ether oxygens (including phenoxy) is 1. The van der Waals surface area contributed by atoms with Crippen molar-refractivity contribution in [2.75, 3.05) is 49.6 Å². The number of pyridine rings is 1. The van der Waals surface area contributed by atoms with Gasteiger partial charge in [0.05, 0.1) is 18.9 Å². The van der Waals surface area contributed by atoms with E-state index in [1.807, 2.05) is 4.90 Å². The summed E-state index contributed by atoms with van der Waals surface area (Å²) in [6, 6.07) is 8.75. The molecule has 2 fully saturated rings. The number of anilines is 3. The van der Waals surface area contributed by atoms with Gasteiger partial charge in [-0.05, 0) is 24.3 Å². The second-order valence-corrected chi connectivity index (χ2v) is 8.19. The second-order valence-electron chi connectivity index (χ2n) is 8.19. The number of hydrogen-bond donors (Lipinski definition) is 1. The van der Waals surface area contributed by atoms with Crippen LogP contribution in [0.5, 0.6) is 0 Å². The maximum absolute atomic E-state index is 13.6. The lowest BCUT2D eigenvalue weighted by atomic mass is 10.1. The summed E-state index contributed by atoms with van der Waals surface area (Å²) in [5, 5.41) is 7.08. The van der Waals surface area contributed by atoms with Crippen molar-refractivity contribution in [3.8, 4) is 5.69 Å². The topological polar surface area (TPSA) is 71.3 Å². The lowest BCUT2D eigenvalue weighted by molar-refractivity contribution is 0.0104. The third kappa shape index (κ3) is 4.82. The van der Waals surface area contributed by atoms with E-state index in [0.717, 1.165) is 13.1 Å². The summed E-state index contributed by atoms with van der Waals surface area (Å²) in [7, 11) is 0. The molecule has 2 aliphatic heterocycles. The first-order valence-electron chi connectivity index (χ1n) is 10.9. The van der Waals surface area contributed by atoms with Crippen LogP contribution >= 0.6 is 0 Å². The van der Waals surface area contributed by atoms with E-state index in [9.17, 15) is 17.6 Å². The first-order chi connectivity index (χ1) is 16.5. The molecule has 0 radical (unpaired) electrons. The van der Waals surface area contributed by atoms with Gasteiger partial charge >= 0.3 is 0 Å². The summed E-state index contributed by atoms with van der Waals surface area (Å²) in [6.45, 7) is 4.54. The van der Waals surface area contributed by atoms with Crippen LogP contribution in [0, 0.1) is 0 Å². The van der Waals surface area contributed by atoms with Crippen LogP contribution in [0.3, 0.4) is 0 Å². The van der Waals surface area contributed by atoms with E-state index in [-0.39, 0.29) is 22.9 Å². The highest BCUT2D eigenvalue weighted by Crippen LogP contribution is 2.30. The van der Waals surface area contributed by atoms with Crippen LogP contribution in [0.1, 0.15) is 24.0 Å². The maximum Gasteiger partial charge on any atom is 0.264 e. The Morgan fingerprint density at radius 3 is 2.47 bits per heavy atom. The Bertz CT molecular complexity index is 1130. The molecule has 3 aromatic rings. The maximum atomic E-state index is 13.6. The van der Waals surface area contributed by atoms with Crippen LogP contribution in [-0.4, -0.2) is 70.1 Å². The van der Waals surface area contributed by atoms with Crippen LogP contribution in [0.25, 0.3) is 5.69 Å². The average Bonchev–Trinajstić information content (AvgIpc) is 3.27. The number of nitrogens with one attached hydrogen (secondary N) is 1. The number of halogens is 4. The molecule has 0 bridgehead atoms. The summed E-state index contributed by atoms with van der Waals surface area (Å²) in [5.41, 5.74) is 0.109. The van der Waals surface area contributed by atoms with Gasteiger partial charge in [0.1, 0.15) is 18.0 Å². The number of alkyl halides is 4. The zero-order chi connectivity index (χ0) is 23.7. The Labute approximate surface area is 193 Å². The molecule has 0 saturated carbocycles. The number of morpholine rings is 1. The van der Waals surface area contributed by atoms with Gasteiger partial charge in [0.15, 0.2) is 0 Å². The molecule has 1 N–H and O–H groups in total. The molecule has 1 aromatic carbocycles. The van der Waals surface area contributed by atoms with Gasteiger partial charge in [-0.1, -0.05) is 12.1 Å². The molecule has 8 nitrogen and oxygen atoms in total. The predicted octanol–water partition coefficient (Wildman–Crippen LogP) is 3.80. The molecule has 180 valence electrons. The fourth-order valence-electron chi connectivity index (χ4n) is 4.07. The highest BCUT2D eigenvalue weighted by molar-refractivity contribution is 5.56. The molecule has 34 heavy (non-hydrogen) atoms. The second kappa shape index (κ2) is 9.55. The quantitative estimate of drug-likeness (QED) is 0.519. The first kappa shape index (κ1) is 22.5. The lowest BCUT2D eigenvalue weighted by Gasteiger charge is -2.47. The predicted molar refractivity (Wildman–Crippen MR) is 117 cm³/mol. The van der Waals surface area contributed by atoms with E-state index in [2.05, 4.69) is 25.3 Å². The van der Waals surface area contributed by atoms with Crippen LogP contribution in [0.2, 0.25) is 0 Å². The first-order valence-corrected chi connectivity index (χ1v) is 10.9. The molecule has 4 heterocycles. The number of benzene rings is 1. The highest BCUT2D eigenvalue weighted by Gasteiger charge is 2.34. The molecule has 5 rings (SSSR count). The minimum atomic E-state index is -2.67. The fraction of sp³-hybridized carbons (Fsp3) is 0.409. The fourth-order valence-corrected chi connectivity index (χ4v) is 4.07. The molecule has 0 unspecified atom stereocenters. The van der Waals surface area contributed by atoms with E-state index in [4.69, 9.17) is 4.74 Å². The Morgan fingerprint density at radius 2 is 1.74 bits per heavy atom. The van der Waals surface area contributed by atoms with Crippen molar-refractivity contribution in [2.45, 2.75) is 18.9 Å². The minimum Gasteiger partial charge on any atom is -0.379 e. The molecular weight excluding hydrogens is 454 g/mol. The van der Waals surface area contributed by atoms with Gasteiger partial charge in [0.25, 0.3) is 12.9 Å². The SMILES string of the molecule is FC(F)c1cccc(-n2cnc(Nc3cc(C(F)F)cc(N4CC(N5CCOCC5)C4)n3)n2)c1. The van der Waals surface area contributed by atoms with Gasteiger partial charge in [0, 0.05) is 43.3 Å². The van der Waals surface area contributed by atoms with Crippen molar-refractivity contribution in [3.63, 3.8) is 0 Å². The van der Waals surface area contributed by atoms with E-state index in [0.29, 0.717) is 43.9 Å². The zero-order valence-corrected chi connectivity index (χ0v) is 18.1. The third-order valence-electron chi connectivity index (χ3n) is 5.95. The van der Waals surface area contributed by atoms with Crippen molar-refractivity contribution in [3.05, 3.63) is 53.9 Å². The van der Waals surface area contributed by atoms with Gasteiger partial charge in [-0.15, -0.1) is 5.10 Å². The van der Waals surface area contributed by atoms with Crippen LogP contribution in [0.15, 0.2) is 42.7 Å². The Balaban J connectivity index is 1.31. The standard InChI is InChI=1S/C22H23F4N7O/c23-20(24)14-2-1-3-16(8-14)33-13-27-22(30-33)29-18-9-15(21(25)26)10-19(28-18)32-11-17(12-32)31-4-6-34-7-5-31/h1-3,8-10,13,17,20-21H,4-7,11-12H2,(H,28,29,30). The van der Waals surface area contributed by atoms with Crippen LogP contribution < -0.4 is 10.2 Å². The van der Waals surface area contributed by atoms with E-state index >= 15 is 0 Å². The van der Waals surface area contributed by atoms with Gasteiger partial charge in [0.2, 0.25) is 5.95 Å². The van der Waals surface area contributed by atoms with Crippen LogP contribution in [0.4, 0.5) is 35.1 Å². The van der Waals surface area contributed by atoms with Gasteiger partial charge in [-0.25, -0.2) is 27.2 Å². The van der Waals surface area contributed by atoms with E-state index < -0.39 is 12.9 Å². The van der Waals surface area contributed by atoms with Gasteiger partial charge < -0.3 is 15.0 Å². The van der Waals surface area contributed by atoms with Crippen molar-refractivity contribution in [1.29, 1.82) is 0 Å². The molecular formula is C22H23F4N7O. The summed E-state index contributed by atoms with van der Waals surface area (Å²) < 4.78 is 59.8. The van der Waals surface area contributed by atoms with E-state index in [1.165, 1.54) is 41.3 Å². The summed E-state index contributed by atoms with van der Waals surface area (Å²) >= 11 is 0. The molecule has 0 amide bonds. The molecule has 2 aliphatic rings. The lowest BCUT2D eigenvalue weighted by Crippen LogP contribution is -2.61.